The van der Waals surface area contributed by atoms with Gasteiger partial charge in [0.15, 0.2) is 0 Å². The zero-order valence-electron chi connectivity index (χ0n) is 21.8. The third-order valence-electron chi connectivity index (χ3n) is 5.18. The molecule has 12 N–H and O–H groups in total. The lowest BCUT2D eigenvalue weighted by Crippen LogP contribution is -2.57. The highest BCUT2D eigenvalue weighted by Crippen LogP contribution is 2.02. The molecule has 0 aromatic rings. The number of carbonyl (C=O) groups excluding carboxylic acids is 4. The second-order valence-electron chi connectivity index (χ2n) is 8.52. The van der Waals surface area contributed by atoms with Crippen molar-refractivity contribution in [1.29, 1.82) is 0 Å². The molecule has 0 heterocycles. The number of carbonyl (C=O) groups is 9. The molecule has 5 amide bonds. The monoisotopic (exact) mass is 624 g/mol. The average Bonchev–Trinajstić information content (AvgIpc) is 2.88. The number of hydrogen-bond acceptors (Lipinski definition) is 11. The molecule has 0 rings (SSSR count). The third-order valence-corrected chi connectivity index (χ3v) is 5.54. The van der Waals surface area contributed by atoms with Crippen molar-refractivity contribution in [3.63, 3.8) is 0 Å². The molecule has 0 aliphatic rings. The van der Waals surface area contributed by atoms with Crippen LogP contribution in [0.15, 0.2) is 0 Å². The van der Waals surface area contributed by atoms with Gasteiger partial charge in [-0.05, 0) is 12.8 Å². The molecular weight excluding hydrogens is 592 g/mol. The number of carboxylic acid groups (broad SMARTS) is 5. The lowest BCUT2D eigenvalue weighted by Gasteiger charge is -2.21. The van der Waals surface area contributed by atoms with Crippen molar-refractivity contribution in [2.75, 3.05) is 12.3 Å². The van der Waals surface area contributed by atoms with Gasteiger partial charge in [-0.15, -0.1) is 0 Å². The SMILES string of the molecule is N[C@@H](CNC(=O)CC[C@H](NC(=O)N[C@@H](CCC(=O)O)C(=O)O)C(=O)O)C(=O)N[C@@H](CC(=O)O)C(=O)N[C@@H](CS)C(=O)O. The summed E-state index contributed by atoms with van der Waals surface area (Å²) in [6.07, 6.45) is -3.03. The van der Waals surface area contributed by atoms with Gasteiger partial charge in [-0.3, -0.25) is 24.0 Å². The van der Waals surface area contributed by atoms with Gasteiger partial charge < -0.3 is 57.9 Å². The molecule has 0 radical (unpaired) electrons. The summed E-state index contributed by atoms with van der Waals surface area (Å²) in [5, 5.41) is 55.1. The maximum atomic E-state index is 12.3. The van der Waals surface area contributed by atoms with Crippen LogP contribution < -0.4 is 32.3 Å². The predicted molar refractivity (Wildman–Crippen MR) is 139 cm³/mol. The summed E-state index contributed by atoms with van der Waals surface area (Å²) in [4.78, 5) is 104. The number of amides is 5. The van der Waals surface area contributed by atoms with E-state index >= 15 is 0 Å². The van der Waals surface area contributed by atoms with Crippen molar-refractivity contribution >= 4 is 66.2 Å². The van der Waals surface area contributed by atoms with Gasteiger partial charge in [-0.25, -0.2) is 19.2 Å². The van der Waals surface area contributed by atoms with Crippen LogP contribution in [0.4, 0.5) is 4.79 Å². The second kappa shape index (κ2) is 18.6. The number of carboxylic acids is 5. The minimum Gasteiger partial charge on any atom is -0.481 e. The fraction of sp³-hybridized carbons (Fsp3) is 0.571. The Morgan fingerprint density at radius 1 is 0.619 bits per heavy atom. The Morgan fingerprint density at radius 2 is 1.10 bits per heavy atom. The van der Waals surface area contributed by atoms with Crippen molar-refractivity contribution in [3.05, 3.63) is 0 Å². The van der Waals surface area contributed by atoms with E-state index in [9.17, 15) is 48.3 Å². The van der Waals surface area contributed by atoms with E-state index in [0.29, 0.717) is 0 Å². The van der Waals surface area contributed by atoms with Crippen LogP contribution in [0.25, 0.3) is 0 Å². The molecule has 0 unspecified atom stereocenters. The molecule has 0 saturated heterocycles. The summed E-state index contributed by atoms with van der Waals surface area (Å²) in [6, 6.07) is -9.29. The van der Waals surface area contributed by atoms with Crippen LogP contribution in [0.1, 0.15) is 32.1 Å². The first kappa shape index (κ1) is 37.3. The predicted octanol–water partition coefficient (Wildman–Crippen LogP) is -4.26. The molecule has 0 aromatic heterocycles. The van der Waals surface area contributed by atoms with Gasteiger partial charge in [-0.1, -0.05) is 0 Å². The number of aliphatic carboxylic acids is 5. The molecule has 5 atom stereocenters. The smallest absolute Gasteiger partial charge is 0.327 e. The molecule has 0 saturated carbocycles. The molecule has 0 aromatic carbocycles. The molecular formula is C21H32N6O14S. The topological polar surface area (TPSA) is 341 Å². The van der Waals surface area contributed by atoms with Crippen molar-refractivity contribution in [1.82, 2.24) is 26.6 Å². The molecule has 20 nitrogen and oxygen atoms in total. The normalized spacial score (nSPS) is 14.0. The van der Waals surface area contributed by atoms with Crippen LogP contribution >= 0.6 is 12.6 Å². The fourth-order valence-electron chi connectivity index (χ4n) is 2.94. The molecule has 236 valence electrons. The van der Waals surface area contributed by atoms with Gasteiger partial charge in [-0.2, -0.15) is 12.6 Å². The Bertz CT molecular complexity index is 1060. The number of rotatable bonds is 20. The third kappa shape index (κ3) is 15.2. The van der Waals surface area contributed by atoms with Crippen LogP contribution in [0.3, 0.4) is 0 Å². The van der Waals surface area contributed by atoms with E-state index in [1.807, 2.05) is 21.3 Å². The zero-order chi connectivity index (χ0) is 32.6. The Labute approximate surface area is 242 Å². The van der Waals surface area contributed by atoms with Crippen molar-refractivity contribution in [3.8, 4) is 0 Å². The molecule has 0 spiro atoms. The van der Waals surface area contributed by atoms with E-state index in [4.69, 9.17) is 26.2 Å². The summed E-state index contributed by atoms with van der Waals surface area (Å²) in [7, 11) is 0. The number of hydrogen-bond donors (Lipinski definition) is 12. The number of nitrogens with two attached hydrogens (primary N) is 1. The zero-order valence-corrected chi connectivity index (χ0v) is 22.7. The largest absolute Gasteiger partial charge is 0.481 e. The molecule has 21 heteroatoms. The van der Waals surface area contributed by atoms with Gasteiger partial charge in [0.25, 0.3) is 0 Å². The van der Waals surface area contributed by atoms with Gasteiger partial charge in [0, 0.05) is 25.1 Å². The highest BCUT2D eigenvalue weighted by molar-refractivity contribution is 7.80. The van der Waals surface area contributed by atoms with Crippen molar-refractivity contribution < 1.29 is 68.7 Å². The van der Waals surface area contributed by atoms with Gasteiger partial charge in [0.1, 0.15) is 30.2 Å². The van der Waals surface area contributed by atoms with E-state index in [1.165, 1.54) is 0 Å². The van der Waals surface area contributed by atoms with Crippen LogP contribution in [-0.2, 0) is 38.4 Å². The highest BCUT2D eigenvalue weighted by atomic mass is 32.1. The fourth-order valence-corrected chi connectivity index (χ4v) is 3.19. The van der Waals surface area contributed by atoms with Gasteiger partial charge in [0.2, 0.25) is 17.7 Å². The number of thiol groups is 1. The maximum absolute atomic E-state index is 12.3. The number of urea groups is 1. The minimum absolute atomic E-state index is 0.334. The van der Waals surface area contributed by atoms with E-state index in [2.05, 4.69) is 17.9 Å². The van der Waals surface area contributed by atoms with Crippen LogP contribution in [-0.4, -0.2) is 122 Å². The Balaban J connectivity index is 4.95. The van der Waals surface area contributed by atoms with E-state index in [0.717, 1.165) is 0 Å². The van der Waals surface area contributed by atoms with Crippen LogP contribution in [0.2, 0.25) is 0 Å². The minimum atomic E-state index is -1.73. The maximum Gasteiger partial charge on any atom is 0.327 e. The number of nitrogens with one attached hydrogen (secondary N) is 5. The highest BCUT2D eigenvalue weighted by Gasteiger charge is 2.30. The Morgan fingerprint density at radius 3 is 1.52 bits per heavy atom. The van der Waals surface area contributed by atoms with Crippen LogP contribution in [0.5, 0.6) is 0 Å². The van der Waals surface area contributed by atoms with Crippen LogP contribution in [0, 0.1) is 0 Å². The van der Waals surface area contributed by atoms with Gasteiger partial charge in [0.05, 0.1) is 6.42 Å². The van der Waals surface area contributed by atoms with E-state index < -0.39 is 122 Å². The first-order valence-corrected chi connectivity index (χ1v) is 12.5. The standard InChI is InChI=1S/C21H32N6O14S/c22-8(16(33)24-11(5-15(31)32)17(34)25-12(7-42)20(39)40)6-23-13(28)3-1-9(18(35)36)26-21(41)27-10(19(37)38)2-4-14(29)30/h8-12,42H,1-7,22H2,(H,23,28)(H,24,33)(H,25,34)(H,29,30)(H,31,32)(H,35,36)(H,37,38)(H,39,40)(H2,26,27,41)/t8-,9-,10-,11-,12-/m0/s1. The lowest BCUT2D eigenvalue weighted by atomic mass is 10.1. The van der Waals surface area contributed by atoms with E-state index in [-0.39, 0.29) is 5.75 Å². The molecule has 0 aliphatic heterocycles. The first-order valence-electron chi connectivity index (χ1n) is 11.9. The molecule has 0 aliphatic carbocycles. The summed E-state index contributed by atoms with van der Waals surface area (Å²) in [6.45, 7) is -0.560. The van der Waals surface area contributed by atoms with Crippen molar-refractivity contribution in [2.24, 2.45) is 5.73 Å². The lowest BCUT2D eigenvalue weighted by molar-refractivity contribution is -0.143. The Hall–Kier alpha value is -4.66. The summed E-state index contributed by atoms with van der Waals surface area (Å²) < 4.78 is 0. The molecule has 42 heavy (non-hydrogen) atoms. The second-order valence-corrected chi connectivity index (χ2v) is 8.89. The summed E-state index contributed by atoms with van der Waals surface area (Å²) in [5.74, 6) is -10.8. The Kier molecular flexibility index (Phi) is 16.6. The summed E-state index contributed by atoms with van der Waals surface area (Å²) >= 11 is 3.75. The van der Waals surface area contributed by atoms with E-state index in [1.54, 1.807) is 0 Å². The summed E-state index contributed by atoms with van der Waals surface area (Å²) in [5.41, 5.74) is 5.65. The average molecular weight is 625 g/mol. The molecule has 0 fully saturated rings. The molecule has 0 bridgehead atoms. The van der Waals surface area contributed by atoms with Crippen molar-refractivity contribution in [2.45, 2.75) is 62.3 Å². The van der Waals surface area contributed by atoms with Gasteiger partial charge >= 0.3 is 35.9 Å². The first-order chi connectivity index (χ1) is 19.5. The quantitative estimate of drug-likeness (QED) is 0.0570.